The van der Waals surface area contributed by atoms with Crippen molar-refractivity contribution in [3.63, 3.8) is 0 Å². The highest BCUT2D eigenvalue weighted by Gasteiger charge is 2.18. The number of halogens is 1. The molecule has 0 saturated carbocycles. The molecule has 110 valence electrons. The summed E-state index contributed by atoms with van der Waals surface area (Å²) in [6, 6.07) is 5.33. The highest BCUT2D eigenvalue weighted by atomic mass is 35.5. The number of hydrogen-bond acceptors (Lipinski definition) is 6. The zero-order valence-corrected chi connectivity index (χ0v) is 11.3. The fraction of sp³-hybridized carbons (Fsp3) is 0.0833. The molecule has 0 radical (unpaired) electrons. The predicted molar refractivity (Wildman–Crippen MR) is 72.8 cm³/mol. The average molecular weight is 312 g/mol. The number of rotatable bonds is 5. The van der Waals surface area contributed by atoms with Gasteiger partial charge >= 0.3 is 5.69 Å². The van der Waals surface area contributed by atoms with Gasteiger partial charge in [-0.2, -0.15) is 0 Å². The molecule has 0 spiro atoms. The third-order valence-electron chi connectivity index (χ3n) is 2.60. The zero-order chi connectivity index (χ0) is 15.4. The van der Waals surface area contributed by atoms with E-state index >= 15 is 0 Å². The maximum absolute atomic E-state index is 11.5. The van der Waals surface area contributed by atoms with Crippen molar-refractivity contribution in [1.82, 2.24) is 5.43 Å². The van der Waals surface area contributed by atoms with E-state index in [0.29, 0.717) is 0 Å². The fourth-order valence-corrected chi connectivity index (χ4v) is 1.79. The number of hydrogen-bond donors (Lipinski definition) is 2. The SMILES string of the molecule is NNC(=O)c1ccoc1COc1cc(Cl)ccc1[N+](=O)[O-]. The van der Waals surface area contributed by atoms with E-state index in [1.54, 1.807) is 0 Å². The van der Waals surface area contributed by atoms with Gasteiger partial charge in [0.25, 0.3) is 5.91 Å². The molecule has 0 bridgehead atoms. The molecule has 0 fully saturated rings. The summed E-state index contributed by atoms with van der Waals surface area (Å²) < 4.78 is 10.4. The van der Waals surface area contributed by atoms with E-state index in [1.807, 2.05) is 5.43 Å². The van der Waals surface area contributed by atoms with Gasteiger partial charge in [-0.3, -0.25) is 20.3 Å². The quantitative estimate of drug-likeness (QED) is 0.377. The van der Waals surface area contributed by atoms with E-state index in [2.05, 4.69) is 0 Å². The van der Waals surface area contributed by atoms with E-state index < -0.39 is 10.8 Å². The first-order valence-corrected chi connectivity index (χ1v) is 6.04. The first-order valence-electron chi connectivity index (χ1n) is 5.67. The van der Waals surface area contributed by atoms with Crippen LogP contribution in [0.25, 0.3) is 0 Å². The van der Waals surface area contributed by atoms with Crippen LogP contribution in [0.2, 0.25) is 5.02 Å². The number of nitro benzene ring substituents is 1. The molecule has 8 nitrogen and oxygen atoms in total. The molecule has 0 aliphatic heterocycles. The van der Waals surface area contributed by atoms with Crippen LogP contribution in [0.3, 0.4) is 0 Å². The number of nitrogens with zero attached hydrogens (tertiary/aromatic N) is 1. The summed E-state index contributed by atoms with van der Waals surface area (Å²) in [5.41, 5.74) is 1.90. The van der Waals surface area contributed by atoms with Gasteiger partial charge in [0.1, 0.15) is 6.61 Å². The van der Waals surface area contributed by atoms with Crippen LogP contribution in [-0.4, -0.2) is 10.8 Å². The van der Waals surface area contributed by atoms with Crippen molar-refractivity contribution in [3.05, 3.63) is 57.0 Å². The van der Waals surface area contributed by atoms with Gasteiger partial charge in [-0.1, -0.05) is 11.6 Å². The van der Waals surface area contributed by atoms with Crippen molar-refractivity contribution >= 4 is 23.2 Å². The lowest BCUT2D eigenvalue weighted by Crippen LogP contribution is -2.30. The number of carbonyl (C=O) groups excluding carboxylic acids is 1. The third kappa shape index (κ3) is 3.30. The molecule has 0 saturated heterocycles. The van der Waals surface area contributed by atoms with Gasteiger partial charge in [0.05, 0.1) is 16.7 Å². The largest absolute Gasteiger partial charge is 0.479 e. The Morgan fingerprint density at radius 3 is 2.90 bits per heavy atom. The van der Waals surface area contributed by atoms with E-state index in [-0.39, 0.29) is 34.4 Å². The van der Waals surface area contributed by atoms with E-state index in [0.717, 1.165) is 0 Å². The van der Waals surface area contributed by atoms with Gasteiger partial charge in [0.15, 0.2) is 11.5 Å². The second kappa shape index (κ2) is 6.25. The minimum absolute atomic E-state index is 0.0250. The monoisotopic (exact) mass is 311 g/mol. The Bertz CT molecular complexity index is 685. The number of nitrogen functional groups attached to an aromatic ring is 1. The molecule has 1 amide bonds. The highest BCUT2D eigenvalue weighted by Crippen LogP contribution is 2.30. The first kappa shape index (κ1) is 14.8. The Balaban J connectivity index is 2.21. The maximum atomic E-state index is 11.5. The number of nitrogens with one attached hydrogen (secondary N) is 1. The number of nitrogens with two attached hydrogens (primary N) is 1. The molecule has 9 heteroatoms. The molecule has 0 unspecified atom stereocenters. The zero-order valence-electron chi connectivity index (χ0n) is 10.5. The Kier molecular flexibility index (Phi) is 4.41. The molecular weight excluding hydrogens is 302 g/mol. The summed E-state index contributed by atoms with van der Waals surface area (Å²) in [5, 5.41) is 11.2. The Morgan fingerprint density at radius 2 is 2.24 bits per heavy atom. The number of carbonyl (C=O) groups is 1. The minimum atomic E-state index is -0.596. The van der Waals surface area contributed by atoms with Gasteiger partial charge in [0, 0.05) is 17.2 Å². The number of amides is 1. The molecule has 0 aliphatic rings. The lowest BCUT2D eigenvalue weighted by molar-refractivity contribution is -0.386. The van der Waals surface area contributed by atoms with Crippen LogP contribution >= 0.6 is 11.6 Å². The van der Waals surface area contributed by atoms with Gasteiger partial charge in [-0.15, -0.1) is 0 Å². The Labute approximate surface area is 123 Å². The summed E-state index contributed by atoms with van der Waals surface area (Å²) in [7, 11) is 0. The van der Waals surface area contributed by atoms with Crippen LogP contribution in [0.4, 0.5) is 5.69 Å². The van der Waals surface area contributed by atoms with Crippen molar-refractivity contribution in [2.24, 2.45) is 5.84 Å². The standard InChI is InChI=1S/C12H10ClN3O5/c13-7-1-2-9(16(18)19)10(5-7)21-6-11-8(3-4-20-11)12(17)15-14/h1-5H,6,14H2,(H,15,17). The predicted octanol–water partition coefficient (Wildman–Crippen LogP) is 2.02. The summed E-state index contributed by atoms with van der Waals surface area (Å²) >= 11 is 5.78. The van der Waals surface area contributed by atoms with E-state index in [9.17, 15) is 14.9 Å². The molecular formula is C12H10ClN3O5. The molecule has 1 aromatic heterocycles. The van der Waals surface area contributed by atoms with E-state index in [1.165, 1.54) is 30.5 Å². The van der Waals surface area contributed by atoms with Crippen molar-refractivity contribution < 1.29 is 18.9 Å². The van der Waals surface area contributed by atoms with Crippen LogP contribution in [0, 0.1) is 10.1 Å². The molecule has 0 aliphatic carbocycles. The summed E-state index contributed by atoms with van der Waals surface area (Å²) in [5.74, 6) is 4.64. The number of hydrazine groups is 1. The summed E-state index contributed by atoms with van der Waals surface area (Å²) in [6.45, 7) is -0.184. The molecule has 0 atom stereocenters. The average Bonchev–Trinajstić information content (AvgIpc) is 2.92. The Hall–Kier alpha value is -2.58. The fourth-order valence-electron chi connectivity index (χ4n) is 1.63. The number of nitro groups is 1. The van der Waals surface area contributed by atoms with Crippen molar-refractivity contribution in [2.75, 3.05) is 0 Å². The third-order valence-corrected chi connectivity index (χ3v) is 2.83. The molecule has 3 N–H and O–H groups in total. The molecule has 21 heavy (non-hydrogen) atoms. The smallest absolute Gasteiger partial charge is 0.311 e. The van der Waals surface area contributed by atoms with E-state index in [4.69, 9.17) is 26.6 Å². The van der Waals surface area contributed by atoms with Crippen LogP contribution in [-0.2, 0) is 6.61 Å². The highest BCUT2D eigenvalue weighted by molar-refractivity contribution is 6.30. The topological polar surface area (TPSA) is 121 Å². The lowest BCUT2D eigenvalue weighted by Gasteiger charge is -2.06. The molecule has 1 aromatic carbocycles. The lowest BCUT2D eigenvalue weighted by atomic mass is 10.2. The second-order valence-corrected chi connectivity index (χ2v) is 4.33. The molecule has 2 rings (SSSR count). The molecule has 1 heterocycles. The number of furan rings is 1. The van der Waals surface area contributed by atoms with Gasteiger partial charge in [-0.05, 0) is 12.1 Å². The summed E-state index contributed by atoms with van der Waals surface area (Å²) in [6.07, 6.45) is 1.29. The van der Waals surface area contributed by atoms with Crippen molar-refractivity contribution in [2.45, 2.75) is 6.61 Å². The van der Waals surface area contributed by atoms with Gasteiger partial charge in [-0.25, -0.2) is 5.84 Å². The van der Waals surface area contributed by atoms with Crippen molar-refractivity contribution in [3.8, 4) is 5.75 Å². The normalized spacial score (nSPS) is 10.2. The molecule has 2 aromatic rings. The Morgan fingerprint density at radius 1 is 1.48 bits per heavy atom. The van der Waals surface area contributed by atoms with Crippen LogP contribution < -0.4 is 16.0 Å². The summed E-state index contributed by atoms with van der Waals surface area (Å²) in [4.78, 5) is 21.8. The maximum Gasteiger partial charge on any atom is 0.311 e. The first-order chi connectivity index (χ1) is 10.0. The minimum Gasteiger partial charge on any atom is -0.479 e. The number of benzene rings is 1. The van der Waals surface area contributed by atoms with Crippen LogP contribution in [0.15, 0.2) is 34.9 Å². The number of ether oxygens (including phenoxy) is 1. The van der Waals surface area contributed by atoms with Crippen LogP contribution in [0.5, 0.6) is 5.75 Å². The van der Waals surface area contributed by atoms with Gasteiger partial charge in [0.2, 0.25) is 0 Å². The van der Waals surface area contributed by atoms with Crippen molar-refractivity contribution in [1.29, 1.82) is 0 Å². The van der Waals surface area contributed by atoms with Gasteiger partial charge < -0.3 is 9.15 Å². The van der Waals surface area contributed by atoms with Crippen LogP contribution in [0.1, 0.15) is 16.1 Å². The second-order valence-electron chi connectivity index (χ2n) is 3.89.